The maximum absolute atomic E-state index is 13.5. The molecule has 0 unspecified atom stereocenters. The Hall–Kier alpha value is -4.70. The van der Waals surface area contributed by atoms with Crippen LogP contribution in [0.15, 0.2) is 65.1 Å². The molecule has 0 radical (unpaired) electrons. The Kier molecular flexibility index (Phi) is 6.71. The normalized spacial score (nSPS) is 11.3. The predicted octanol–water partition coefficient (Wildman–Crippen LogP) is 5.57. The molecule has 0 atom stereocenters. The summed E-state index contributed by atoms with van der Waals surface area (Å²) >= 11 is 0. The van der Waals surface area contributed by atoms with Crippen molar-refractivity contribution in [1.29, 1.82) is 5.26 Å². The van der Waals surface area contributed by atoms with Crippen LogP contribution in [0, 0.1) is 45.9 Å². The van der Waals surface area contributed by atoms with E-state index in [0.29, 0.717) is 17.1 Å². The fraction of sp³-hybridized carbons (Fsp3) is 0.172. The number of anilines is 1. The molecule has 0 spiro atoms. The quantitative estimate of drug-likeness (QED) is 0.299. The molecule has 4 aromatic rings. The molecule has 36 heavy (non-hydrogen) atoms. The number of nitriles is 1. The fourth-order valence-electron chi connectivity index (χ4n) is 3.79. The maximum Gasteiger partial charge on any atom is 0.269 e. The minimum atomic E-state index is -0.627. The molecule has 7 nitrogen and oxygen atoms in total. The highest BCUT2D eigenvalue weighted by Gasteiger charge is 2.19. The number of nitrogens with one attached hydrogen (secondary N) is 1. The summed E-state index contributed by atoms with van der Waals surface area (Å²) in [5.74, 6) is -0.0688. The summed E-state index contributed by atoms with van der Waals surface area (Å²) < 4.78 is 7.52. The minimum absolute atomic E-state index is 0.00618. The molecule has 2 aromatic carbocycles. The van der Waals surface area contributed by atoms with E-state index in [1.165, 1.54) is 10.5 Å². The lowest BCUT2D eigenvalue weighted by atomic mass is 10.1. The van der Waals surface area contributed by atoms with Crippen LogP contribution >= 0.6 is 0 Å². The highest BCUT2D eigenvalue weighted by Crippen LogP contribution is 2.29. The molecule has 2 heterocycles. The van der Waals surface area contributed by atoms with Crippen LogP contribution in [-0.4, -0.2) is 15.3 Å². The second-order valence-corrected chi connectivity index (χ2v) is 8.76. The molecular weight excluding hydrogens is 452 g/mol. The molecular formula is C29H26N4O3. The van der Waals surface area contributed by atoms with E-state index in [2.05, 4.69) is 10.3 Å². The Balaban J connectivity index is 1.87. The van der Waals surface area contributed by atoms with Gasteiger partial charge in [-0.15, -0.1) is 0 Å². The number of benzene rings is 2. The maximum atomic E-state index is 13.5. The number of aryl methyl sites for hydroxylation is 4. The van der Waals surface area contributed by atoms with E-state index in [0.717, 1.165) is 27.8 Å². The highest BCUT2D eigenvalue weighted by molar-refractivity contribution is 6.10. The number of amides is 1. The molecule has 1 N–H and O–H groups in total. The summed E-state index contributed by atoms with van der Waals surface area (Å²) in [7, 11) is 0. The summed E-state index contributed by atoms with van der Waals surface area (Å²) in [6, 6.07) is 16.8. The fourth-order valence-corrected chi connectivity index (χ4v) is 3.79. The number of hydrogen-bond donors (Lipinski definition) is 1. The highest BCUT2D eigenvalue weighted by atomic mass is 16.5. The van der Waals surface area contributed by atoms with Gasteiger partial charge in [-0.25, -0.2) is 0 Å². The summed E-state index contributed by atoms with van der Waals surface area (Å²) in [6.07, 6.45) is 2.84. The van der Waals surface area contributed by atoms with Gasteiger partial charge in [0.05, 0.1) is 0 Å². The Morgan fingerprint density at radius 3 is 2.53 bits per heavy atom. The first-order valence-corrected chi connectivity index (χ1v) is 11.5. The standard InChI is InChI=1S/C29H26N4O3/c1-17-11-12-19(3)24(14-17)31-27(34)22(16-30)15-23-28(36-25-10-6-8-18(2)21(25)5)32-26-20(4)9-7-13-33(26)29(23)35/h6-15H,1-5H3,(H,31,34)/b22-15-. The lowest BCUT2D eigenvalue weighted by Gasteiger charge is -2.14. The minimum Gasteiger partial charge on any atom is -0.438 e. The van der Waals surface area contributed by atoms with Gasteiger partial charge in [0.1, 0.15) is 28.6 Å². The van der Waals surface area contributed by atoms with Crippen molar-refractivity contribution >= 4 is 23.3 Å². The smallest absolute Gasteiger partial charge is 0.269 e. The van der Waals surface area contributed by atoms with Crippen molar-refractivity contribution in [2.75, 3.05) is 5.32 Å². The van der Waals surface area contributed by atoms with Gasteiger partial charge in [0.2, 0.25) is 5.88 Å². The number of hydrogen-bond acceptors (Lipinski definition) is 5. The molecule has 4 rings (SSSR count). The van der Waals surface area contributed by atoms with E-state index in [9.17, 15) is 14.9 Å². The second kappa shape index (κ2) is 9.88. The lowest BCUT2D eigenvalue weighted by Crippen LogP contribution is -2.21. The van der Waals surface area contributed by atoms with Crippen LogP contribution in [0.3, 0.4) is 0 Å². The Bertz CT molecular complexity index is 1640. The first kappa shape index (κ1) is 24.4. The van der Waals surface area contributed by atoms with Crippen LogP contribution in [-0.2, 0) is 4.79 Å². The van der Waals surface area contributed by atoms with Crippen LogP contribution in [0.4, 0.5) is 5.69 Å². The van der Waals surface area contributed by atoms with E-state index in [-0.39, 0.29) is 17.0 Å². The number of pyridine rings is 1. The number of fused-ring (bicyclic) bond motifs is 1. The predicted molar refractivity (Wildman–Crippen MR) is 140 cm³/mol. The van der Waals surface area contributed by atoms with Gasteiger partial charge in [0.15, 0.2) is 0 Å². The lowest BCUT2D eigenvalue weighted by molar-refractivity contribution is -0.112. The van der Waals surface area contributed by atoms with Crippen LogP contribution in [0.1, 0.15) is 33.4 Å². The molecule has 7 heteroatoms. The second-order valence-electron chi connectivity index (χ2n) is 8.76. The first-order chi connectivity index (χ1) is 17.2. The summed E-state index contributed by atoms with van der Waals surface area (Å²) in [4.78, 5) is 31.2. The van der Waals surface area contributed by atoms with Gasteiger partial charge < -0.3 is 10.1 Å². The van der Waals surface area contributed by atoms with Crippen molar-refractivity contribution in [3.63, 3.8) is 0 Å². The number of aromatic nitrogens is 2. The Morgan fingerprint density at radius 1 is 1.03 bits per heavy atom. The van der Waals surface area contributed by atoms with Crippen LogP contribution in [0.5, 0.6) is 11.6 Å². The SMILES string of the molecule is Cc1ccc(C)c(NC(=O)/C(C#N)=C\c2c(Oc3cccc(C)c3C)nc3c(C)cccn3c2=O)c1. The molecule has 1 amide bonds. The average molecular weight is 479 g/mol. The number of rotatable bonds is 5. The third kappa shape index (κ3) is 4.75. The monoisotopic (exact) mass is 478 g/mol. The average Bonchev–Trinajstić information content (AvgIpc) is 2.85. The van der Waals surface area contributed by atoms with Gasteiger partial charge in [0.25, 0.3) is 11.5 Å². The van der Waals surface area contributed by atoms with Gasteiger partial charge in [-0.3, -0.25) is 14.0 Å². The zero-order valence-corrected chi connectivity index (χ0v) is 20.8. The van der Waals surface area contributed by atoms with E-state index >= 15 is 0 Å². The molecule has 0 aliphatic rings. The van der Waals surface area contributed by atoms with Gasteiger partial charge in [0, 0.05) is 11.9 Å². The van der Waals surface area contributed by atoms with E-state index in [4.69, 9.17) is 4.74 Å². The molecule has 180 valence electrons. The van der Waals surface area contributed by atoms with Crippen LogP contribution in [0.2, 0.25) is 0 Å². The van der Waals surface area contributed by atoms with Crippen molar-refractivity contribution in [2.45, 2.75) is 34.6 Å². The largest absolute Gasteiger partial charge is 0.438 e. The molecule has 0 aliphatic carbocycles. The Labute approximate surface area is 209 Å². The molecule has 0 saturated carbocycles. The van der Waals surface area contributed by atoms with E-state index < -0.39 is 11.5 Å². The third-order valence-electron chi connectivity index (χ3n) is 6.11. The van der Waals surface area contributed by atoms with Gasteiger partial charge in [-0.1, -0.05) is 30.3 Å². The van der Waals surface area contributed by atoms with Crippen molar-refractivity contribution in [3.05, 3.63) is 104 Å². The zero-order valence-electron chi connectivity index (χ0n) is 20.8. The molecule has 0 saturated heterocycles. The molecule has 2 aromatic heterocycles. The van der Waals surface area contributed by atoms with Crippen molar-refractivity contribution in [3.8, 4) is 17.7 Å². The van der Waals surface area contributed by atoms with Crippen LogP contribution in [0.25, 0.3) is 11.7 Å². The van der Waals surface area contributed by atoms with Crippen molar-refractivity contribution < 1.29 is 9.53 Å². The molecule has 0 fully saturated rings. The number of nitrogens with zero attached hydrogens (tertiary/aromatic N) is 3. The van der Waals surface area contributed by atoms with Gasteiger partial charge in [-0.05, 0) is 86.7 Å². The van der Waals surface area contributed by atoms with Crippen LogP contribution < -0.4 is 15.6 Å². The van der Waals surface area contributed by atoms with Gasteiger partial charge >= 0.3 is 0 Å². The van der Waals surface area contributed by atoms with E-state index in [1.807, 2.05) is 77.1 Å². The van der Waals surface area contributed by atoms with Crippen molar-refractivity contribution in [2.24, 2.45) is 0 Å². The molecule has 0 bridgehead atoms. The van der Waals surface area contributed by atoms with E-state index in [1.54, 1.807) is 18.3 Å². The number of carbonyl (C=O) groups is 1. The topological polar surface area (TPSA) is 96.5 Å². The molecule has 0 aliphatic heterocycles. The third-order valence-corrected chi connectivity index (χ3v) is 6.11. The summed E-state index contributed by atoms with van der Waals surface area (Å²) in [6.45, 7) is 9.50. The van der Waals surface area contributed by atoms with Gasteiger partial charge in [-0.2, -0.15) is 10.2 Å². The zero-order chi connectivity index (χ0) is 26.0. The summed E-state index contributed by atoms with van der Waals surface area (Å²) in [5.41, 5.74) is 4.86. The number of carbonyl (C=O) groups excluding carboxylic acids is 1. The Morgan fingerprint density at radius 2 is 1.78 bits per heavy atom. The first-order valence-electron chi connectivity index (χ1n) is 11.5. The summed E-state index contributed by atoms with van der Waals surface area (Å²) in [5, 5.41) is 12.6. The number of ether oxygens (including phenoxy) is 1. The van der Waals surface area contributed by atoms with Crippen molar-refractivity contribution in [1.82, 2.24) is 9.38 Å².